The van der Waals surface area contributed by atoms with Crippen molar-refractivity contribution >= 4 is 5.91 Å². The van der Waals surface area contributed by atoms with Gasteiger partial charge in [0.15, 0.2) is 5.76 Å². The molecule has 0 saturated carbocycles. The molecule has 2 aromatic heterocycles. The van der Waals surface area contributed by atoms with Crippen LogP contribution in [0.5, 0.6) is 0 Å². The Morgan fingerprint density at radius 2 is 1.57 bits per heavy atom. The summed E-state index contributed by atoms with van der Waals surface area (Å²) in [5.41, 5.74) is 4.36. The maximum absolute atomic E-state index is 13.1. The zero-order chi connectivity index (χ0) is 19.2. The monoisotopic (exact) mass is 368 g/mol. The number of benzene rings is 2. The first-order valence-electron chi connectivity index (χ1n) is 9.16. The summed E-state index contributed by atoms with van der Waals surface area (Å²) in [7, 11) is 0. The molecule has 0 fully saturated rings. The van der Waals surface area contributed by atoms with Crippen molar-refractivity contribution in [1.82, 2.24) is 9.88 Å². The van der Waals surface area contributed by atoms with Crippen LogP contribution in [0.15, 0.2) is 102 Å². The largest absolute Gasteiger partial charge is 0.459 e. The molecule has 138 valence electrons. The molecule has 28 heavy (non-hydrogen) atoms. The van der Waals surface area contributed by atoms with Crippen molar-refractivity contribution in [2.75, 3.05) is 0 Å². The first-order chi connectivity index (χ1) is 13.8. The number of carbonyl (C=O) groups excluding carboxylic acids is 1. The fourth-order valence-electron chi connectivity index (χ4n) is 3.23. The van der Waals surface area contributed by atoms with Crippen LogP contribution in [0.2, 0.25) is 0 Å². The lowest BCUT2D eigenvalue weighted by atomic mass is 9.99. The minimum Gasteiger partial charge on any atom is -0.459 e. The summed E-state index contributed by atoms with van der Waals surface area (Å²) >= 11 is 0. The topological polar surface area (TPSA) is 46.3 Å². The second-order valence-corrected chi connectivity index (χ2v) is 6.52. The number of aromatic nitrogens is 1. The quantitative estimate of drug-likeness (QED) is 0.471. The lowest BCUT2D eigenvalue weighted by molar-refractivity contribution is 0.0698. The number of nitrogens with zero attached hydrogens (tertiary/aromatic N) is 2. The number of amides is 1. The predicted molar refractivity (Wildman–Crippen MR) is 108 cm³/mol. The fourth-order valence-corrected chi connectivity index (χ4v) is 3.23. The molecular formula is C24H20N2O2. The Kier molecular flexibility index (Phi) is 5.29. The molecule has 2 aromatic carbocycles. The van der Waals surface area contributed by atoms with E-state index in [0.717, 1.165) is 22.3 Å². The molecule has 4 rings (SSSR count). The molecule has 1 amide bonds. The van der Waals surface area contributed by atoms with Gasteiger partial charge in [0, 0.05) is 25.5 Å². The number of pyridine rings is 1. The molecule has 0 aliphatic heterocycles. The Balaban J connectivity index is 1.67. The van der Waals surface area contributed by atoms with Crippen molar-refractivity contribution < 1.29 is 9.21 Å². The molecule has 0 bridgehead atoms. The summed E-state index contributed by atoms with van der Waals surface area (Å²) in [6.07, 6.45) is 5.00. The SMILES string of the molecule is O=C(c1ccco1)N(Cc1ccncc1)Cc1ccccc1-c1ccccc1. The normalized spacial score (nSPS) is 10.6. The second kappa shape index (κ2) is 8.35. The lowest BCUT2D eigenvalue weighted by Gasteiger charge is -2.23. The van der Waals surface area contributed by atoms with E-state index in [1.165, 1.54) is 6.26 Å². The molecule has 4 heteroatoms. The standard InChI is InChI=1S/C24H20N2O2/c27-24(23-11-6-16-28-23)26(17-19-12-14-25-15-13-19)18-21-9-4-5-10-22(21)20-7-2-1-3-8-20/h1-16H,17-18H2. The molecule has 0 saturated heterocycles. The maximum atomic E-state index is 13.1. The predicted octanol–water partition coefficient (Wildman–Crippen LogP) is 5.18. The summed E-state index contributed by atoms with van der Waals surface area (Å²) in [6, 6.07) is 25.7. The summed E-state index contributed by atoms with van der Waals surface area (Å²) in [6.45, 7) is 0.956. The zero-order valence-electron chi connectivity index (χ0n) is 15.4. The Bertz CT molecular complexity index is 1030. The minimum absolute atomic E-state index is 0.135. The van der Waals surface area contributed by atoms with Crippen molar-refractivity contribution in [2.45, 2.75) is 13.1 Å². The average molecular weight is 368 g/mol. The van der Waals surface area contributed by atoms with Gasteiger partial charge in [-0.2, -0.15) is 0 Å². The molecule has 0 unspecified atom stereocenters. The molecule has 0 aliphatic carbocycles. The minimum atomic E-state index is -0.135. The van der Waals surface area contributed by atoms with Gasteiger partial charge in [-0.1, -0.05) is 54.6 Å². The third-order valence-corrected chi connectivity index (χ3v) is 4.61. The van der Waals surface area contributed by atoms with Crippen molar-refractivity contribution in [3.05, 3.63) is 114 Å². The van der Waals surface area contributed by atoms with Gasteiger partial charge in [-0.3, -0.25) is 9.78 Å². The first-order valence-corrected chi connectivity index (χ1v) is 9.16. The molecule has 0 aliphatic rings. The Morgan fingerprint density at radius 3 is 2.32 bits per heavy atom. The van der Waals surface area contributed by atoms with E-state index in [-0.39, 0.29) is 5.91 Å². The molecule has 0 N–H and O–H groups in total. The van der Waals surface area contributed by atoms with Gasteiger partial charge in [-0.05, 0) is 46.5 Å². The smallest absolute Gasteiger partial charge is 0.290 e. The van der Waals surface area contributed by atoms with Crippen LogP contribution in [0.25, 0.3) is 11.1 Å². The van der Waals surface area contributed by atoms with E-state index in [4.69, 9.17) is 4.42 Å². The highest BCUT2D eigenvalue weighted by Gasteiger charge is 2.20. The third kappa shape index (κ3) is 4.01. The summed E-state index contributed by atoms with van der Waals surface area (Å²) in [4.78, 5) is 18.9. The highest BCUT2D eigenvalue weighted by atomic mass is 16.3. The van der Waals surface area contributed by atoms with Gasteiger partial charge in [0.2, 0.25) is 0 Å². The van der Waals surface area contributed by atoms with Crippen LogP contribution in [0.3, 0.4) is 0 Å². The van der Waals surface area contributed by atoms with Crippen LogP contribution in [0.4, 0.5) is 0 Å². The molecule has 4 aromatic rings. The molecule has 2 heterocycles. The van der Waals surface area contributed by atoms with E-state index < -0.39 is 0 Å². The summed E-state index contributed by atoms with van der Waals surface area (Å²) < 4.78 is 5.36. The fraction of sp³-hybridized carbons (Fsp3) is 0.0833. The zero-order valence-corrected chi connectivity index (χ0v) is 15.4. The van der Waals surface area contributed by atoms with Gasteiger partial charge in [0.05, 0.1) is 6.26 Å². The Morgan fingerprint density at radius 1 is 0.821 bits per heavy atom. The van der Waals surface area contributed by atoms with Gasteiger partial charge in [-0.25, -0.2) is 0 Å². The average Bonchev–Trinajstić information content (AvgIpc) is 3.29. The van der Waals surface area contributed by atoms with E-state index in [1.54, 1.807) is 29.4 Å². The van der Waals surface area contributed by atoms with E-state index in [1.807, 2.05) is 42.5 Å². The van der Waals surface area contributed by atoms with Crippen LogP contribution in [0.1, 0.15) is 21.7 Å². The third-order valence-electron chi connectivity index (χ3n) is 4.61. The number of carbonyl (C=O) groups is 1. The molecule has 4 nitrogen and oxygen atoms in total. The Labute approximate surface area is 164 Å². The number of hydrogen-bond acceptors (Lipinski definition) is 3. The van der Waals surface area contributed by atoms with Crippen LogP contribution in [-0.2, 0) is 13.1 Å². The highest BCUT2D eigenvalue weighted by molar-refractivity contribution is 5.91. The van der Waals surface area contributed by atoms with E-state index >= 15 is 0 Å². The highest BCUT2D eigenvalue weighted by Crippen LogP contribution is 2.25. The summed E-state index contributed by atoms with van der Waals surface area (Å²) in [5, 5.41) is 0. The van der Waals surface area contributed by atoms with E-state index in [2.05, 4.69) is 29.2 Å². The van der Waals surface area contributed by atoms with E-state index in [9.17, 15) is 4.79 Å². The van der Waals surface area contributed by atoms with Crippen molar-refractivity contribution in [3.8, 4) is 11.1 Å². The molecular weight excluding hydrogens is 348 g/mol. The van der Waals surface area contributed by atoms with Crippen LogP contribution in [0, 0.1) is 0 Å². The lowest BCUT2D eigenvalue weighted by Crippen LogP contribution is -2.30. The van der Waals surface area contributed by atoms with E-state index in [0.29, 0.717) is 18.8 Å². The maximum Gasteiger partial charge on any atom is 0.290 e. The van der Waals surface area contributed by atoms with Gasteiger partial charge in [-0.15, -0.1) is 0 Å². The Hall–Kier alpha value is -3.66. The van der Waals surface area contributed by atoms with Crippen molar-refractivity contribution in [1.29, 1.82) is 0 Å². The van der Waals surface area contributed by atoms with Gasteiger partial charge < -0.3 is 9.32 Å². The van der Waals surface area contributed by atoms with Crippen molar-refractivity contribution in [2.24, 2.45) is 0 Å². The van der Waals surface area contributed by atoms with Gasteiger partial charge in [0.1, 0.15) is 0 Å². The number of furan rings is 1. The number of rotatable bonds is 6. The molecule has 0 radical (unpaired) electrons. The van der Waals surface area contributed by atoms with Crippen LogP contribution >= 0.6 is 0 Å². The second-order valence-electron chi connectivity index (χ2n) is 6.52. The summed E-state index contributed by atoms with van der Waals surface area (Å²) in [5.74, 6) is 0.205. The van der Waals surface area contributed by atoms with Gasteiger partial charge >= 0.3 is 0 Å². The van der Waals surface area contributed by atoms with Gasteiger partial charge in [0.25, 0.3) is 5.91 Å². The van der Waals surface area contributed by atoms with Crippen LogP contribution < -0.4 is 0 Å². The molecule has 0 spiro atoms. The first kappa shape index (κ1) is 17.7. The van der Waals surface area contributed by atoms with Crippen LogP contribution in [-0.4, -0.2) is 15.8 Å². The van der Waals surface area contributed by atoms with Crippen molar-refractivity contribution in [3.63, 3.8) is 0 Å². The number of hydrogen-bond donors (Lipinski definition) is 0. The molecule has 0 atom stereocenters.